The average molecular weight is 413 g/mol. The van der Waals surface area contributed by atoms with Gasteiger partial charge in [-0.25, -0.2) is 4.39 Å². The van der Waals surface area contributed by atoms with E-state index in [0.29, 0.717) is 18.6 Å². The van der Waals surface area contributed by atoms with Crippen molar-refractivity contribution in [2.24, 2.45) is 5.41 Å². The molecule has 2 amide bonds. The molecule has 1 fully saturated rings. The standard InChI is InChI=1S/C24H29FN2O3/c1-24(2,3)15-21(17-6-8-18(25)9-7-17)26-22(28)16-30-20-12-10-19(11-13-20)27-14-4-5-23(27)29/h6-13,21H,4-5,14-16H2,1-3H3,(H,26,28). The number of carbonyl (C=O) groups is 2. The maximum Gasteiger partial charge on any atom is 0.258 e. The number of carbonyl (C=O) groups excluding carboxylic acids is 2. The summed E-state index contributed by atoms with van der Waals surface area (Å²) in [6, 6.07) is 13.2. The van der Waals surface area contributed by atoms with E-state index in [4.69, 9.17) is 4.74 Å². The number of nitrogens with zero attached hydrogens (tertiary/aromatic N) is 1. The van der Waals surface area contributed by atoms with Gasteiger partial charge in [0.15, 0.2) is 6.61 Å². The number of halogens is 1. The molecule has 1 unspecified atom stereocenters. The lowest BCUT2D eigenvalue weighted by atomic mass is 9.85. The van der Waals surface area contributed by atoms with E-state index >= 15 is 0 Å². The second kappa shape index (κ2) is 9.28. The molecule has 0 radical (unpaired) electrons. The van der Waals surface area contributed by atoms with Crippen LogP contribution in [0.25, 0.3) is 0 Å². The van der Waals surface area contributed by atoms with Crippen molar-refractivity contribution in [1.82, 2.24) is 5.32 Å². The van der Waals surface area contributed by atoms with Crippen molar-refractivity contribution in [3.8, 4) is 5.75 Å². The first-order chi connectivity index (χ1) is 14.2. The van der Waals surface area contributed by atoms with Crippen LogP contribution in [0.2, 0.25) is 0 Å². The first-order valence-electron chi connectivity index (χ1n) is 10.3. The summed E-state index contributed by atoms with van der Waals surface area (Å²) in [5, 5.41) is 3.00. The first kappa shape index (κ1) is 21.8. The summed E-state index contributed by atoms with van der Waals surface area (Å²) in [6.07, 6.45) is 2.17. The summed E-state index contributed by atoms with van der Waals surface area (Å²) in [5.41, 5.74) is 1.69. The molecule has 1 atom stereocenters. The molecular weight excluding hydrogens is 383 g/mol. The highest BCUT2D eigenvalue weighted by Gasteiger charge is 2.23. The molecule has 2 aromatic rings. The van der Waals surface area contributed by atoms with Gasteiger partial charge in [0.1, 0.15) is 11.6 Å². The molecule has 0 spiro atoms. The van der Waals surface area contributed by atoms with E-state index in [1.165, 1.54) is 12.1 Å². The van der Waals surface area contributed by atoms with Crippen LogP contribution in [0.5, 0.6) is 5.75 Å². The summed E-state index contributed by atoms with van der Waals surface area (Å²) in [4.78, 5) is 26.1. The van der Waals surface area contributed by atoms with E-state index in [2.05, 4.69) is 26.1 Å². The molecule has 160 valence electrons. The van der Waals surface area contributed by atoms with Gasteiger partial charge in [0, 0.05) is 18.7 Å². The van der Waals surface area contributed by atoms with Crippen molar-refractivity contribution >= 4 is 17.5 Å². The fourth-order valence-corrected chi connectivity index (χ4v) is 3.59. The smallest absolute Gasteiger partial charge is 0.258 e. The van der Waals surface area contributed by atoms with E-state index in [1.54, 1.807) is 29.2 Å². The minimum atomic E-state index is -0.304. The van der Waals surface area contributed by atoms with Crippen LogP contribution < -0.4 is 15.0 Å². The Morgan fingerprint density at radius 3 is 2.37 bits per heavy atom. The van der Waals surface area contributed by atoms with Gasteiger partial charge in [0.05, 0.1) is 6.04 Å². The van der Waals surface area contributed by atoms with Gasteiger partial charge in [-0.1, -0.05) is 32.9 Å². The van der Waals surface area contributed by atoms with Crippen molar-refractivity contribution in [3.05, 3.63) is 59.9 Å². The van der Waals surface area contributed by atoms with Gasteiger partial charge in [0.2, 0.25) is 5.91 Å². The zero-order valence-corrected chi connectivity index (χ0v) is 17.8. The lowest BCUT2D eigenvalue weighted by molar-refractivity contribution is -0.124. The largest absolute Gasteiger partial charge is 0.484 e. The number of ether oxygens (including phenoxy) is 1. The predicted octanol–water partition coefficient (Wildman–Crippen LogP) is 4.63. The Labute approximate surface area is 177 Å². The van der Waals surface area contributed by atoms with Gasteiger partial charge in [-0.15, -0.1) is 0 Å². The third-order valence-corrected chi connectivity index (χ3v) is 5.02. The Hall–Kier alpha value is -2.89. The molecule has 0 aliphatic carbocycles. The van der Waals surface area contributed by atoms with Gasteiger partial charge in [-0.05, 0) is 60.2 Å². The number of benzene rings is 2. The molecule has 3 rings (SSSR count). The summed E-state index contributed by atoms with van der Waals surface area (Å²) in [7, 11) is 0. The van der Waals surface area contributed by atoms with Crippen LogP contribution in [0.4, 0.5) is 10.1 Å². The fraction of sp³-hybridized carbons (Fsp3) is 0.417. The van der Waals surface area contributed by atoms with Crippen LogP contribution in [-0.4, -0.2) is 25.0 Å². The SMILES string of the molecule is CC(C)(C)CC(NC(=O)COc1ccc(N2CCCC2=O)cc1)c1ccc(F)cc1. The fourth-order valence-electron chi connectivity index (χ4n) is 3.59. The molecule has 1 heterocycles. The zero-order valence-electron chi connectivity index (χ0n) is 17.8. The highest BCUT2D eigenvalue weighted by Crippen LogP contribution is 2.29. The molecule has 0 aromatic heterocycles. The Balaban J connectivity index is 1.58. The van der Waals surface area contributed by atoms with Crippen LogP contribution in [0.3, 0.4) is 0 Å². The highest BCUT2D eigenvalue weighted by molar-refractivity contribution is 5.95. The van der Waals surface area contributed by atoms with Crippen LogP contribution >= 0.6 is 0 Å². The summed E-state index contributed by atoms with van der Waals surface area (Å²) in [5.74, 6) is 0.151. The minimum Gasteiger partial charge on any atom is -0.484 e. The normalized spacial score (nSPS) is 15.2. The molecule has 0 saturated carbocycles. The van der Waals surface area contributed by atoms with E-state index in [0.717, 1.165) is 24.2 Å². The third-order valence-electron chi connectivity index (χ3n) is 5.02. The van der Waals surface area contributed by atoms with Gasteiger partial charge in [0.25, 0.3) is 5.91 Å². The van der Waals surface area contributed by atoms with Crippen molar-refractivity contribution in [2.75, 3.05) is 18.1 Å². The molecule has 2 aromatic carbocycles. The summed E-state index contributed by atoms with van der Waals surface area (Å²) >= 11 is 0. The van der Waals surface area contributed by atoms with Crippen molar-refractivity contribution < 1.29 is 18.7 Å². The molecule has 5 nitrogen and oxygen atoms in total. The van der Waals surface area contributed by atoms with Crippen LogP contribution in [0, 0.1) is 11.2 Å². The molecule has 1 aliphatic rings. The average Bonchev–Trinajstić information content (AvgIpc) is 3.12. The second-order valence-electron chi connectivity index (χ2n) is 8.87. The Kier molecular flexibility index (Phi) is 6.75. The summed E-state index contributed by atoms with van der Waals surface area (Å²) < 4.78 is 18.9. The molecule has 30 heavy (non-hydrogen) atoms. The van der Waals surface area contributed by atoms with Crippen LogP contribution in [0.1, 0.15) is 51.6 Å². The van der Waals surface area contributed by atoms with Crippen molar-refractivity contribution in [2.45, 2.75) is 46.1 Å². The first-order valence-corrected chi connectivity index (χ1v) is 10.3. The van der Waals surface area contributed by atoms with Gasteiger partial charge < -0.3 is 15.0 Å². The monoisotopic (exact) mass is 412 g/mol. The summed E-state index contributed by atoms with van der Waals surface area (Å²) in [6.45, 7) is 6.90. The topological polar surface area (TPSA) is 58.6 Å². The number of hydrogen-bond donors (Lipinski definition) is 1. The van der Waals surface area contributed by atoms with E-state index in [-0.39, 0.29) is 35.7 Å². The van der Waals surface area contributed by atoms with Crippen molar-refractivity contribution in [3.63, 3.8) is 0 Å². The zero-order chi connectivity index (χ0) is 21.7. The number of nitrogens with one attached hydrogen (secondary N) is 1. The maximum atomic E-state index is 13.3. The van der Waals surface area contributed by atoms with Crippen LogP contribution in [0.15, 0.2) is 48.5 Å². The van der Waals surface area contributed by atoms with Gasteiger partial charge in [-0.2, -0.15) is 0 Å². The lowest BCUT2D eigenvalue weighted by Gasteiger charge is -2.27. The number of anilines is 1. The van der Waals surface area contributed by atoms with Gasteiger partial charge in [-0.3, -0.25) is 9.59 Å². The molecule has 0 bridgehead atoms. The Morgan fingerprint density at radius 1 is 1.13 bits per heavy atom. The molecule has 1 saturated heterocycles. The number of rotatable bonds is 7. The highest BCUT2D eigenvalue weighted by atomic mass is 19.1. The molecule has 6 heteroatoms. The number of hydrogen-bond acceptors (Lipinski definition) is 3. The van der Waals surface area contributed by atoms with E-state index in [1.807, 2.05) is 12.1 Å². The van der Waals surface area contributed by atoms with E-state index < -0.39 is 0 Å². The quantitative estimate of drug-likeness (QED) is 0.722. The molecular formula is C24H29FN2O3. The van der Waals surface area contributed by atoms with E-state index in [9.17, 15) is 14.0 Å². The minimum absolute atomic E-state index is 0.0178. The molecule has 1 N–H and O–H groups in total. The Bertz CT molecular complexity index is 873. The Morgan fingerprint density at radius 2 is 1.80 bits per heavy atom. The maximum absolute atomic E-state index is 13.3. The van der Waals surface area contributed by atoms with Crippen LogP contribution in [-0.2, 0) is 9.59 Å². The second-order valence-corrected chi connectivity index (χ2v) is 8.87. The lowest BCUT2D eigenvalue weighted by Crippen LogP contribution is -2.34. The van der Waals surface area contributed by atoms with Crippen molar-refractivity contribution in [1.29, 1.82) is 0 Å². The van der Waals surface area contributed by atoms with Gasteiger partial charge >= 0.3 is 0 Å². The molecule has 1 aliphatic heterocycles. The number of amides is 2. The third kappa shape index (κ3) is 6.05. The predicted molar refractivity (Wildman–Crippen MR) is 115 cm³/mol.